The number of rotatable bonds is 3. The van der Waals surface area contributed by atoms with Gasteiger partial charge in [0.2, 0.25) is 0 Å². The SMILES string of the molecule is CCc1ccc2c(CN3C(=O)c4cc(Cl)c(Cl)cc4C3=O)cc(=O)oc2c1. The average molecular weight is 402 g/mol. The number of halogens is 2. The molecule has 0 saturated heterocycles. The molecule has 0 bridgehead atoms. The molecular weight excluding hydrogens is 389 g/mol. The molecule has 0 spiro atoms. The van der Waals surface area contributed by atoms with Gasteiger partial charge in [-0.1, -0.05) is 42.3 Å². The lowest BCUT2D eigenvalue weighted by Gasteiger charge is -2.15. The van der Waals surface area contributed by atoms with E-state index in [4.69, 9.17) is 27.6 Å². The van der Waals surface area contributed by atoms with Crippen molar-refractivity contribution in [3.05, 3.63) is 79.1 Å². The number of carbonyl (C=O) groups is 2. The van der Waals surface area contributed by atoms with E-state index in [0.717, 1.165) is 16.9 Å². The first kappa shape index (κ1) is 17.8. The van der Waals surface area contributed by atoms with E-state index in [1.807, 2.05) is 19.1 Å². The van der Waals surface area contributed by atoms with Gasteiger partial charge in [-0.2, -0.15) is 0 Å². The third kappa shape index (κ3) is 2.93. The number of aryl methyl sites for hydroxylation is 1. The number of carbonyl (C=O) groups excluding carboxylic acids is 2. The Kier molecular flexibility index (Phi) is 4.29. The summed E-state index contributed by atoms with van der Waals surface area (Å²) < 4.78 is 5.28. The van der Waals surface area contributed by atoms with Crippen molar-refractivity contribution in [1.82, 2.24) is 4.90 Å². The van der Waals surface area contributed by atoms with E-state index in [1.54, 1.807) is 6.07 Å². The van der Waals surface area contributed by atoms with Crippen LogP contribution in [0.2, 0.25) is 10.0 Å². The van der Waals surface area contributed by atoms with Gasteiger partial charge in [0, 0.05) is 11.5 Å². The molecule has 4 rings (SSSR count). The number of hydrogen-bond acceptors (Lipinski definition) is 4. The van der Waals surface area contributed by atoms with Crippen molar-refractivity contribution >= 4 is 46.0 Å². The highest BCUT2D eigenvalue weighted by atomic mass is 35.5. The van der Waals surface area contributed by atoms with Crippen LogP contribution in [0.4, 0.5) is 0 Å². The van der Waals surface area contributed by atoms with E-state index in [2.05, 4.69) is 0 Å². The van der Waals surface area contributed by atoms with Crippen molar-refractivity contribution in [2.24, 2.45) is 0 Å². The zero-order valence-corrected chi connectivity index (χ0v) is 15.7. The zero-order chi connectivity index (χ0) is 19.3. The van der Waals surface area contributed by atoms with Crippen LogP contribution < -0.4 is 5.63 Å². The van der Waals surface area contributed by atoms with Gasteiger partial charge in [-0.25, -0.2) is 4.79 Å². The summed E-state index contributed by atoms with van der Waals surface area (Å²) in [5.74, 6) is -0.944. The van der Waals surface area contributed by atoms with Crippen molar-refractivity contribution in [3.63, 3.8) is 0 Å². The molecule has 0 unspecified atom stereocenters. The Balaban J connectivity index is 1.78. The fourth-order valence-corrected chi connectivity index (χ4v) is 3.55. The Morgan fingerprint density at radius 2 is 1.56 bits per heavy atom. The Labute approximate surface area is 164 Å². The number of fused-ring (bicyclic) bond motifs is 2. The van der Waals surface area contributed by atoms with Crippen LogP contribution in [-0.2, 0) is 13.0 Å². The molecule has 0 atom stereocenters. The second-order valence-electron chi connectivity index (χ2n) is 6.28. The maximum absolute atomic E-state index is 12.7. The van der Waals surface area contributed by atoms with Crippen LogP contribution >= 0.6 is 23.2 Å². The van der Waals surface area contributed by atoms with Gasteiger partial charge in [-0.15, -0.1) is 0 Å². The molecule has 27 heavy (non-hydrogen) atoms. The van der Waals surface area contributed by atoms with Crippen LogP contribution in [0.5, 0.6) is 0 Å². The van der Waals surface area contributed by atoms with Gasteiger partial charge in [-0.3, -0.25) is 14.5 Å². The fraction of sp³-hybridized carbons (Fsp3) is 0.150. The largest absolute Gasteiger partial charge is 0.423 e. The van der Waals surface area contributed by atoms with Crippen LogP contribution in [0.15, 0.2) is 45.6 Å². The van der Waals surface area contributed by atoms with Crippen LogP contribution in [0.1, 0.15) is 38.8 Å². The molecule has 2 heterocycles. The third-order valence-corrected chi connectivity index (χ3v) is 5.37. The van der Waals surface area contributed by atoms with Crippen molar-refractivity contribution in [1.29, 1.82) is 0 Å². The maximum atomic E-state index is 12.7. The average Bonchev–Trinajstić information content (AvgIpc) is 2.86. The Bertz CT molecular complexity index is 1140. The lowest BCUT2D eigenvalue weighted by atomic mass is 10.1. The van der Waals surface area contributed by atoms with Crippen LogP contribution in [0, 0.1) is 0 Å². The summed E-state index contributed by atoms with van der Waals surface area (Å²) in [5, 5.41) is 1.09. The smallest absolute Gasteiger partial charge is 0.336 e. The molecule has 0 N–H and O–H groups in total. The Hall–Kier alpha value is -2.63. The molecule has 5 nitrogen and oxygen atoms in total. The first-order valence-corrected chi connectivity index (χ1v) is 9.05. The molecule has 1 aliphatic rings. The Morgan fingerprint density at radius 1 is 0.926 bits per heavy atom. The minimum atomic E-state index is -0.534. The Morgan fingerprint density at radius 3 is 2.15 bits per heavy atom. The number of amides is 2. The molecule has 1 aromatic heterocycles. The van der Waals surface area contributed by atoms with Gasteiger partial charge >= 0.3 is 5.63 Å². The predicted molar refractivity (Wildman–Crippen MR) is 103 cm³/mol. The molecule has 0 aliphatic carbocycles. The monoisotopic (exact) mass is 401 g/mol. The van der Waals surface area contributed by atoms with Crippen molar-refractivity contribution in [3.8, 4) is 0 Å². The van der Waals surface area contributed by atoms with E-state index >= 15 is 0 Å². The standard InChI is InChI=1S/C20H13Cl2NO4/c1-2-10-3-4-12-11(6-18(24)27-17(12)5-10)9-23-19(25)13-7-15(21)16(22)8-14(13)20(23)26/h3-8H,2,9H2,1H3. The summed E-state index contributed by atoms with van der Waals surface area (Å²) in [6.45, 7) is 1.95. The zero-order valence-electron chi connectivity index (χ0n) is 14.2. The molecule has 0 fully saturated rings. The highest BCUT2D eigenvalue weighted by Crippen LogP contribution is 2.32. The second kappa shape index (κ2) is 6.51. The number of nitrogens with zero attached hydrogens (tertiary/aromatic N) is 1. The van der Waals surface area contributed by atoms with E-state index in [1.165, 1.54) is 18.2 Å². The third-order valence-electron chi connectivity index (χ3n) is 4.64. The molecule has 7 heteroatoms. The fourth-order valence-electron chi connectivity index (χ4n) is 3.22. The molecule has 0 saturated carbocycles. The van der Waals surface area contributed by atoms with E-state index in [0.29, 0.717) is 16.5 Å². The topological polar surface area (TPSA) is 67.6 Å². The highest BCUT2D eigenvalue weighted by Gasteiger charge is 2.36. The maximum Gasteiger partial charge on any atom is 0.336 e. The van der Waals surface area contributed by atoms with Gasteiger partial charge in [0.05, 0.1) is 27.7 Å². The molecule has 2 amide bonds. The first-order chi connectivity index (χ1) is 12.9. The second-order valence-corrected chi connectivity index (χ2v) is 7.10. The lowest BCUT2D eigenvalue weighted by Crippen LogP contribution is -2.29. The van der Waals surface area contributed by atoms with Gasteiger partial charge < -0.3 is 4.42 Å². The number of imide groups is 1. The summed E-state index contributed by atoms with van der Waals surface area (Å²) in [7, 11) is 0. The number of hydrogen-bond donors (Lipinski definition) is 0. The lowest BCUT2D eigenvalue weighted by molar-refractivity contribution is 0.0642. The summed E-state index contributed by atoms with van der Waals surface area (Å²) in [4.78, 5) is 38.4. The summed E-state index contributed by atoms with van der Waals surface area (Å²) in [6, 6.07) is 9.64. The van der Waals surface area contributed by atoms with Crippen molar-refractivity contribution in [2.75, 3.05) is 0 Å². The van der Waals surface area contributed by atoms with Gasteiger partial charge in [0.25, 0.3) is 11.8 Å². The first-order valence-electron chi connectivity index (χ1n) is 8.30. The predicted octanol–water partition coefficient (Wildman–Crippen LogP) is 4.46. The molecule has 136 valence electrons. The summed E-state index contributed by atoms with van der Waals surface area (Å²) >= 11 is 11.9. The molecule has 3 aromatic rings. The minimum absolute atomic E-state index is 0.0465. The van der Waals surface area contributed by atoms with E-state index < -0.39 is 17.4 Å². The van der Waals surface area contributed by atoms with Gasteiger partial charge in [-0.05, 0) is 35.7 Å². The van der Waals surface area contributed by atoms with Crippen LogP contribution in [-0.4, -0.2) is 16.7 Å². The van der Waals surface area contributed by atoms with Crippen LogP contribution in [0.3, 0.4) is 0 Å². The van der Waals surface area contributed by atoms with Crippen molar-refractivity contribution in [2.45, 2.75) is 19.9 Å². The normalized spacial score (nSPS) is 13.5. The summed E-state index contributed by atoms with van der Waals surface area (Å²) in [6.07, 6.45) is 0.795. The quantitative estimate of drug-likeness (QED) is 0.479. The molecule has 1 aliphatic heterocycles. The minimum Gasteiger partial charge on any atom is -0.423 e. The highest BCUT2D eigenvalue weighted by molar-refractivity contribution is 6.43. The van der Waals surface area contributed by atoms with E-state index in [9.17, 15) is 14.4 Å². The molecule has 0 radical (unpaired) electrons. The van der Waals surface area contributed by atoms with E-state index in [-0.39, 0.29) is 27.7 Å². The molecule has 2 aromatic carbocycles. The number of benzene rings is 2. The summed E-state index contributed by atoms with van der Waals surface area (Å²) in [5.41, 5.74) is 1.86. The van der Waals surface area contributed by atoms with Gasteiger partial charge in [0.15, 0.2) is 0 Å². The van der Waals surface area contributed by atoms with Crippen LogP contribution in [0.25, 0.3) is 11.0 Å². The van der Waals surface area contributed by atoms with Crippen molar-refractivity contribution < 1.29 is 14.0 Å². The van der Waals surface area contributed by atoms with Gasteiger partial charge in [0.1, 0.15) is 5.58 Å². The molecular formula is C20H13Cl2NO4.